The Bertz CT molecular complexity index is 1400. The second kappa shape index (κ2) is 9.52. The molecule has 5 saturated carbocycles. The SMILES string of the molecule is O=C(OC12CC3CC(C1)C(OS(=O)(=O)[N-]S(=O)(=O)C(F)(F)C(=O)OC1C4CC5C(=O)OC1C5O4)C(C3)C2)C1CCCC1. The molecule has 0 N–H and O–H groups in total. The van der Waals surface area contributed by atoms with Crippen molar-refractivity contribution in [3.05, 3.63) is 4.13 Å². The molecule has 6 bridgehead atoms. The Kier molecular flexibility index (Phi) is 6.53. The van der Waals surface area contributed by atoms with Gasteiger partial charge in [-0.3, -0.25) is 13.8 Å². The van der Waals surface area contributed by atoms with Gasteiger partial charge in [-0.25, -0.2) is 21.6 Å². The fraction of sp³-hybridized carbons (Fsp3) is 0.880. The average Bonchev–Trinajstić information content (AvgIpc) is 3.65. The molecule has 13 nitrogen and oxygen atoms in total. The first-order valence-electron chi connectivity index (χ1n) is 14.3. The van der Waals surface area contributed by atoms with Crippen molar-refractivity contribution in [1.29, 1.82) is 0 Å². The summed E-state index contributed by atoms with van der Waals surface area (Å²) < 4.78 is 109. The lowest BCUT2D eigenvalue weighted by molar-refractivity contribution is -0.205. The van der Waals surface area contributed by atoms with Crippen LogP contribution in [-0.4, -0.2) is 76.1 Å². The summed E-state index contributed by atoms with van der Waals surface area (Å²) in [6, 6.07) is 0. The largest absolute Gasteiger partial charge is 0.459 e. The second-order valence-electron chi connectivity index (χ2n) is 12.9. The van der Waals surface area contributed by atoms with Gasteiger partial charge in [0.1, 0.15) is 11.7 Å². The number of hydrogen-bond donors (Lipinski definition) is 0. The van der Waals surface area contributed by atoms with E-state index >= 15 is 0 Å². The molecule has 0 aromatic rings. The monoisotopic (exact) mass is 638 g/mol. The lowest BCUT2D eigenvalue weighted by Crippen LogP contribution is -2.59. The Morgan fingerprint density at radius 1 is 0.952 bits per heavy atom. The molecule has 0 spiro atoms. The summed E-state index contributed by atoms with van der Waals surface area (Å²) in [6.07, 6.45) is 0.476. The number of alkyl halides is 2. The van der Waals surface area contributed by atoms with E-state index < -0.39 is 91.4 Å². The van der Waals surface area contributed by atoms with Gasteiger partial charge in [-0.05, 0) is 69.1 Å². The summed E-state index contributed by atoms with van der Waals surface area (Å²) in [6.45, 7) is 0. The minimum atomic E-state index is -6.32. The van der Waals surface area contributed by atoms with E-state index in [1.165, 1.54) is 0 Å². The lowest BCUT2D eigenvalue weighted by Gasteiger charge is -2.58. The maximum atomic E-state index is 14.8. The molecule has 42 heavy (non-hydrogen) atoms. The van der Waals surface area contributed by atoms with Gasteiger partial charge in [-0.1, -0.05) is 12.8 Å². The fourth-order valence-corrected chi connectivity index (χ4v) is 11.0. The minimum absolute atomic E-state index is 0.0501. The van der Waals surface area contributed by atoms with Crippen molar-refractivity contribution in [2.45, 2.75) is 106 Å². The van der Waals surface area contributed by atoms with Crippen molar-refractivity contribution < 1.29 is 63.1 Å². The predicted octanol–water partition coefficient (Wildman–Crippen LogP) is 1.85. The molecule has 0 amide bonds. The van der Waals surface area contributed by atoms with Crippen LogP contribution in [0.5, 0.6) is 0 Å². The number of rotatable bonds is 9. The fourth-order valence-electron chi connectivity index (χ4n) is 8.65. The summed E-state index contributed by atoms with van der Waals surface area (Å²) in [5.41, 5.74) is -0.753. The Morgan fingerprint density at radius 3 is 2.29 bits per heavy atom. The van der Waals surface area contributed by atoms with E-state index in [9.17, 15) is 40.0 Å². The smallest absolute Gasteiger partial charge is 0.424 e. The average molecular weight is 639 g/mol. The van der Waals surface area contributed by atoms with Gasteiger partial charge in [0.25, 0.3) is 0 Å². The van der Waals surface area contributed by atoms with Gasteiger partial charge < -0.3 is 23.1 Å². The molecule has 8 fully saturated rings. The summed E-state index contributed by atoms with van der Waals surface area (Å²) >= 11 is 0. The number of esters is 3. The lowest BCUT2D eigenvalue weighted by atomic mass is 9.53. The van der Waals surface area contributed by atoms with Crippen LogP contribution in [0.2, 0.25) is 0 Å². The summed E-state index contributed by atoms with van der Waals surface area (Å²) in [4.78, 5) is 36.9. The van der Waals surface area contributed by atoms with Crippen LogP contribution in [0.4, 0.5) is 8.78 Å². The van der Waals surface area contributed by atoms with Gasteiger partial charge in [0.15, 0.2) is 22.2 Å². The molecule has 0 aromatic heterocycles. The van der Waals surface area contributed by atoms with Crippen molar-refractivity contribution in [3.63, 3.8) is 0 Å². The van der Waals surface area contributed by atoms with E-state index in [1.807, 2.05) is 0 Å². The maximum absolute atomic E-state index is 14.8. The van der Waals surface area contributed by atoms with Crippen LogP contribution in [0.1, 0.15) is 64.2 Å². The van der Waals surface area contributed by atoms with Gasteiger partial charge in [0.2, 0.25) is 10.3 Å². The first-order valence-corrected chi connectivity index (χ1v) is 17.1. The number of sulfonamides is 1. The highest BCUT2D eigenvalue weighted by atomic mass is 32.3. The van der Waals surface area contributed by atoms with E-state index in [1.54, 1.807) is 0 Å². The summed E-state index contributed by atoms with van der Waals surface area (Å²) in [5, 5.41) is -5.38. The van der Waals surface area contributed by atoms with Crippen LogP contribution in [0.25, 0.3) is 4.13 Å². The van der Waals surface area contributed by atoms with Crippen LogP contribution in [0, 0.1) is 29.6 Å². The van der Waals surface area contributed by atoms with Crippen molar-refractivity contribution in [2.75, 3.05) is 0 Å². The third kappa shape index (κ3) is 4.56. The molecular formula is C25H30F2NO12S2-. The molecule has 3 saturated heterocycles. The normalized spacial score (nSPS) is 42.2. The third-order valence-electron chi connectivity index (χ3n) is 10.1. The van der Waals surface area contributed by atoms with Crippen LogP contribution >= 0.6 is 0 Å². The predicted molar refractivity (Wildman–Crippen MR) is 132 cm³/mol. The number of nitrogens with zero attached hydrogens (tertiary/aromatic N) is 1. The first kappa shape index (κ1) is 28.8. The number of hydrogen-bond acceptors (Lipinski definition) is 12. The quantitative estimate of drug-likeness (QED) is 0.265. The van der Waals surface area contributed by atoms with E-state index in [0.717, 1.165) is 25.7 Å². The van der Waals surface area contributed by atoms with Crippen LogP contribution < -0.4 is 0 Å². The highest BCUT2D eigenvalue weighted by Crippen LogP contribution is 2.59. The van der Waals surface area contributed by atoms with E-state index in [-0.39, 0.29) is 24.2 Å². The standard InChI is InChI=1S/C25H30F2NO12S2/c26-25(27,23(31)38-19-16-7-15-18(36-16)20(19)37-22(15)30)41(32,33)28-42(34,35)40-17-13-5-11-6-14(17)10-24(8-11,9-13)39-21(29)12-3-1-2-4-12/h11-20H,1-10H2/q-1. The number of fused-ring (bicyclic) bond motifs is 1. The topological polar surface area (TPSA) is 180 Å². The Hall–Kier alpha value is -1.95. The van der Waals surface area contributed by atoms with Crippen molar-refractivity contribution in [3.8, 4) is 0 Å². The molecule has 8 aliphatic rings. The summed E-state index contributed by atoms with van der Waals surface area (Å²) in [7, 11) is -11.8. The zero-order valence-corrected chi connectivity index (χ0v) is 23.9. The minimum Gasteiger partial charge on any atom is -0.459 e. The zero-order valence-electron chi connectivity index (χ0n) is 22.3. The number of ether oxygens (including phenoxy) is 4. The first-order chi connectivity index (χ1) is 19.7. The van der Waals surface area contributed by atoms with Gasteiger partial charge in [-0.2, -0.15) is 8.78 Å². The van der Waals surface area contributed by atoms with Crippen LogP contribution in [-0.2, 0) is 57.8 Å². The molecule has 234 valence electrons. The number of halogens is 2. The van der Waals surface area contributed by atoms with E-state index in [0.29, 0.717) is 32.1 Å². The van der Waals surface area contributed by atoms with Gasteiger partial charge in [-0.15, -0.1) is 0 Å². The second-order valence-corrected chi connectivity index (χ2v) is 16.0. The molecule has 7 unspecified atom stereocenters. The molecule has 3 heterocycles. The van der Waals surface area contributed by atoms with Crippen LogP contribution in [0.3, 0.4) is 0 Å². The Balaban J connectivity index is 0.999. The molecule has 5 aliphatic carbocycles. The van der Waals surface area contributed by atoms with Crippen molar-refractivity contribution >= 4 is 38.2 Å². The van der Waals surface area contributed by atoms with E-state index in [4.69, 9.17) is 18.4 Å². The number of carbonyl (C=O) groups is 3. The third-order valence-corrected chi connectivity index (χ3v) is 12.9. The molecule has 0 radical (unpaired) electrons. The van der Waals surface area contributed by atoms with Crippen molar-refractivity contribution in [2.24, 2.45) is 29.6 Å². The van der Waals surface area contributed by atoms with Gasteiger partial charge >= 0.3 is 23.2 Å². The van der Waals surface area contributed by atoms with Crippen molar-refractivity contribution in [1.82, 2.24) is 0 Å². The highest BCUT2D eigenvalue weighted by Gasteiger charge is 2.66. The Labute approximate surface area is 240 Å². The molecule has 17 heteroatoms. The zero-order chi connectivity index (χ0) is 29.8. The highest BCUT2D eigenvalue weighted by molar-refractivity contribution is 8.11. The molecule has 0 aromatic carbocycles. The maximum Gasteiger partial charge on any atom is 0.424 e. The Morgan fingerprint density at radius 2 is 1.62 bits per heavy atom. The van der Waals surface area contributed by atoms with Crippen LogP contribution in [0.15, 0.2) is 0 Å². The summed E-state index contributed by atoms with van der Waals surface area (Å²) in [5.74, 6) is -4.89. The van der Waals surface area contributed by atoms with Gasteiger partial charge in [0, 0.05) is 0 Å². The number of carbonyl (C=O) groups excluding carboxylic acids is 3. The molecule has 7 atom stereocenters. The molecule has 8 rings (SSSR count). The van der Waals surface area contributed by atoms with Gasteiger partial charge in [0.05, 0.1) is 24.0 Å². The van der Waals surface area contributed by atoms with E-state index in [2.05, 4.69) is 8.86 Å². The molecular weight excluding hydrogens is 608 g/mol. The molecule has 3 aliphatic heterocycles.